The van der Waals surface area contributed by atoms with Gasteiger partial charge in [0.15, 0.2) is 0 Å². The summed E-state index contributed by atoms with van der Waals surface area (Å²) >= 11 is 0. The summed E-state index contributed by atoms with van der Waals surface area (Å²) in [6.07, 6.45) is -0.378. The molecule has 1 amide bonds. The molecular weight excluding hydrogens is 591 g/mol. The first-order chi connectivity index (χ1) is 20.8. The summed E-state index contributed by atoms with van der Waals surface area (Å²) in [6.45, 7) is 1.66. The SMILES string of the molecule is C=S(C)(=O)c1cccc(Nc2ncc(-c3ccc(NC(=O)C4(c5cccc(C(F)(F)F)c5)CC4)cc3)c(N[C@H](C)CO)n2)c1. The largest absolute Gasteiger partial charge is 0.416 e. The van der Waals surface area contributed by atoms with E-state index in [1.807, 2.05) is 0 Å². The van der Waals surface area contributed by atoms with E-state index in [9.17, 15) is 27.3 Å². The van der Waals surface area contributed by atoms with Gasteiger partial charge in [-0.05, 0) is 82.7 Å². The third-order valence-corrected chi connectivity index (χ3v) is 8.67. The van der Waals surface area contributed by atoms with Gasteiger partial charge in [0.2, 0.25) is 11.9 Å². The second-order valence-corrected chi connectivity index (χ2v) is 13.5. The molecule has 5 rings (SSSR count). The second-order valence-electron chi connectivity index (χ2n) is 11.0. The first-order valence-electron chi connectivity index (χ1n) is 13.8. The first-order valence-corrected chi connectivity index (χ1v) is 16.0. The van der Waals surface area contributed by atoms with E-state index in [-0.39, 0.29) is 24.5 Å². The van der Waals surface area contributed by atoms with Crippen LogP contribution in [0.1, 0.15) is 30.9 Å². The number of carbonyl (C=O) groups is 1. The van der Waals surface area contributed by atoms with Crippen molar-refractivity contribution >= 4 is 44.4 Å². The molecular formula is C32H32F3N5O3S. The fourth-order valence-corrected chi connectivity index (χ4v) is 5.51. The number of anilines is 4. The molecule has 0 aliphatic heterocycles. The van der Waals surface area contributed by atoms with Crippen molar-refractivity contribution in [3.63, 3.8) is 0 Å². The van der Waals surface area contributed by atoms with Gasteiger partial charge in [0.1, 0.15) is 5.82 Å². The van der Waals surface area contributed by atoms with Gasteiger partial charge in [-0.25, -0.2) is 4.98 Å². The predicted molar refractivity (Wildman–Crippen MR) is 168 cm³/mol. The van der Waals surface area contributed by atoms with Crippen molar-refractivity contribution < 1.29 is 27.3 Å². The molecule has 1 unspecified atom stereocenters. The first kappa shape index (κ1) is 31.0. The number of aliphatic hydroxyl groups is 1. The van der Waals surface area contributed by atoms with Crippen LogP contribution in [0.4, 0.5) is 36.3 Å². The topological polar surface area (TPSA) is 116 Å². The van der Waals surface area contributed by atoms with E-state index in [1.54, 1.807) is 74.0 Å². The number of aliphatic hydroxyl groups excluding tert-OH is 1. The number of alkyl halides is 3. The average molecular weight is 624 g/mol. The van der Waals surface area contributed by atoms with Crippen molar-refractivity contribution in [1.82, 2.24) is 9.97 Å². The molecule has 1 fully saturated rings. The summed E-state index contributed by atoms with van der Waals surface area (Å²) in [4.78, 5) is 22.9. The Kier molecular flexibility index (Phi) is 8.41. The molecule has 4 N–H and O–H groups in total. The highest BCUT2D eigenvalue weighted by atomic mass is 32.2. The summed E-state index contributed by atoms with van der Waals surface area (Å²) in [5, 5.41) is 18.8. The van der Waals surface area contributed by atoms with Crippen LogP contribution in [0.5, 0.6) is 0 Å². The van der Waals surface area contributed by atoms with Crippen LogP contribution < -0.4 is 16.0 Å². The number of rotatable bonds is 10. The molecule has 44 heavy (non-hydrogen) atoms. The van der Waals surface area contributed by atoms with Crippen LogP contribution in [0.25, 0.3) is 11.1 Å². The van der Waals surface area contributed by atoms with E-state index in [1.165, 1.54) is 6.07 Å². The predicted octanol–water partition coefficient (Wildman–Crippen LogP) is 6.07. The van der Waals surface area contributed by atoms with Gasteiger partial charge in [0.25, 0.3) is 0 Å². The minimum Gasteiger partial charge on any atom is -0.394 e. The highest BCUT2D eigenvalue weighted by Crippen LogP contribution is 2.50. The lowest BCUT2D eigenvalue weighted by atomic mass is 9.93. The molecule has 8 nitrogen and oxygen atoms in total. The lowest BCUT2D eigenvalue weighted by molar-refractivity contribution is -0.137. The summed E-state index contributed by atoms with van der Waals surface area (Å²) in [5.41, 5.74) is 1.07. The summed E-state index contributed by atoms with van der Waals surface area (Å²) in [7, 11) is -2.41. The number of nitrogens with one attached hydrogen (secondary N) is 3. The summed E-state index contributed by atoms with van der Waals surface area (Å²) in [6, 6.07) is 18.6. The minimum atomic E-state index is -4.49. The molecule has 0 radical (unpaired) electrons. The molecule has 0 saturated heterocycles. The van der Waals surface area contributed by atoms with Gasteiger partial charge >= 0.3 is 6.18 Å². The maximum atomic E-state index is 13.3. The number of halogens is 3. The Morgan fingerprint density at radius 1 is 1.07 bits per heavy atom. The second kappa shape index (κ2) is 11.9. The van der Waals surface area contributed by atoms with Crippen molar-refractivity contribution in [3.8, 4) is 11.1 Å². The van der Waals surface area contributed by atoms with Crippen molar-refractivity contribution in [3.05, 3.63) is 90.1 Å². The molecule has 1 heterocycles. The summed E-state index contributed by atoms with van der Waals surface area (Å²) < 4.78 is 52.1. The van der Waals surface area contributed by atoms with E-state index in [4.69, 9.17) is 0 Å². The average Bonchev–Trinajstić information content (AvgIpc) is 3.80. The van der Waals surface area contributed by atoms with Gasteiger partial charge in [-0.1, -0.05) is 36.4 Å². The number of nitrogens with zero attached hydrogens (tertiary/aromatic N) is 2. The third kappa shape index (κ3) is 6.87. The third-order valence-electron chi connectivity index (χ3n) is 7.42. The van der Waals surface area contributed by atoms with Crippen molar-refractivity contribution in [2.45, 2.75) is 42.3 Å². The molecule has 4 aromatic rings. The monoisotopic (exact) mass is 623 g/mol. The quantitative estimate of drug-likeness (QED) is 0.158. The molecule has 12 heteroatoms. The van der Waals surface area contributed by atoms with Crippen LogP contribution >= 0.6 is 0 Å². The lowest BCUT2D eigenvalue weighted by Gasteiger charge is -2.18. The maximum Gasteiger partial charge on any atom is 0.416 e. The zero-order valence-electron chi connectivity index (χ0n) is 24.1. The van der Waals surface area contributed by atoms with Gasteiger partial charge in [-0.3, -0.25) is 9.00 Å². The molecule has 1 aromatic heterocycles. The van der Waals surface area contributed by atoms with E-state index in [0.717, 1.165) is 17.7 Å². The molecule has 0 bridgehead atoms. The molecule has 0 spiro atoms. The molecule has 1 aliphatic rings. The van der Waals surface area contributed by atoms with E-state index in [0.29, 0.717) is 46.1 Å². The number of hydrogen-bond donors (Lipinski definition) is 4. The Hall–Kier alpha value is -4.42. The van der Waals surface area contributed by atoms with E-state index in [2.05, 4.69) is 31.8 Å². The Balaban J connectivity index is 1.36. The van der Waals surface area contributed by atoms with Crippen LogP contribution in [0, 0.1) is 0 Å². The normalized spacial score (nSPS) is 16.0. The van der Waals surface area contributed by atoms with Crippen LogP contribution in [0.2, 0.25) is 0 Å². The fraction of sp³-hybridized carbons (Fsp3) is 0.250. The van der Waals surface area contributed by atoms with Crippen molar-refractivity contribution in [1.29, 1.82) is 0 Å². The van der Waals surface area contributed by atoms with Gasteiger partial charge < -0.3 is 21.1 Å². The smallest absolute Gasteiger partial charge is 0.394 e. The van der Waals surface area contributed by atoms with E-state index >= 15 is 0 Å². The molecule has 3 aromatic carbocycles. The van der Waals surface area contributed by atoms with Crippen LogP contribution in [-0.4, -0.2) is 50.0 Å². The lowest BCUT2D eigenvalue weighted by Crippen LogP contribution is -2.28. The highest BCUT2D eigenvalue weighted by Gasteiger charge is 2.51. The Bertz CT molecular complexity index is 1790. The number of amides is 1. The van der Waals surface area contributed by atoms with E-state index < -0.39 is 26.7 Å². The molecule has 2 atom stereocenters. The number of aromatic nitrogens is 2. The molecule has 1 saturated carbocycles. The van der Waals surface area contributed by atoms with Gasteiger partial charge in [0, 0.05) is 40.3 Å². The fourth-order valence-electron chi connectivity index (χ4n) is 4.76. The van der Waals surface area contributed by atoms with Crippen LogP contribution in [0.3, 0.4) is 0 Å². The zero-order chi connectivity index (χ0) is 31.7. The Morgan fingerprint density at radius 2 is 1.77 bits per heavy atom. The number of carbonyl (C=O) groups excluding carboxylic acids is 1. The van der Waals surface area contributed by atoms with Crippen LogP contribution in [-0.2, 0) is 25.9 Å². The number of benzene rings is 3. The molecule has 1 aliphatic carbocycles. The number of hydrogen-bond acceptors (Lipinski definition) is 7. The van der Waals surface area contributed by atoms with Gasteiger partial charge in [0.05, 0.1) is 17.6 Å². The van der Waals surface area contributed by atoms with Crippen LogP contribution in [0.15, 0.2) is 83.9 Å². The zero-order valence-corrected chi connectivity index (χ0v) is 24.9. The van der Waals surface area contributed by atoms with Gasteiger partial charge in [-0.15, -0.1) is 0 Å². The minimum absolute atomic E-state index is 0.138. The maximum absolute atomic E-state index is 13.3. The van der Waals surface area contributed by atoms with Crippen molar-refractivity contribution in [2.75, 3.05) is 28.8 Å². The standard InChI is InChI=1S/C32H32F3N5O3S/c1-20(19-41)37-28-27(18-36-30(40-28)39-25-8-5-9-26(17-25)44(2,3)43)21-10-12-24(13-11-21)38-29(42)31(14-15-31)22-6-4-7-23(16-22)32(33,34)35/h4-13,16-18,20,41H,2,14-15,19H2,1,3H3,(H,38,42)(H2,36,37,39,40)/t20-,44?/m1/s1. The summed E-state index contributed by atoms with van der Waals surface area (Å²) in [5.74, 6) is 4.10. The van der Waals surface area contributed by atoms with Crippen molar-refractivity contribution in [2.24, 2.45) is 0 Å². The Labute approximate surface area is 253 Å². The highest BCUT2D eigenvalue weighted by molar-refractivity contribution is 7.99. The van der Waals surface area contributed by atoms with Gasteiger partial charge in [-0.2, -0.15) is 18.2 Å². The Morgan fingerprint density at radius 3 is 2.41 bits per heavy atom. The molecule has 230 valence electrons.